The normalized spacial score (nSPS) is 14.3. The Morgan fingerprint density at radius 1 is 1.57 bits per heavy atom. The van der Waals surface area contributed by atoms with Crippen LogP contribution in [-0.4, -0.2) is 24.3 Å². The van der Waals surface area contributed by atoms with E-state index in [1.807, 2.05) is 0 Å². The fourth-order valence-corrected chi connectivity index (χ4v) is 3.24. The molecular formula is C7H12NO4PS. The van der Waals surface area contributed by atoms with Crippen LogP contribution in [-0.2, 0) is 13.6 Å². The summed E-state index contributed by atoms with van der Waals surface area (Å²) in [6, 6.07) is 0. The van der Waals surface area contributed by atoms with E-state index in [0.29, 0.717) is 10.6 Å². The molecule has 0 bridgehead atoms. The molecule has 0 amide bonds. The Hall–Kier alpha value is -0.260. The number of rotatable bonds is 4. The van der Waals surface area contributed by atoms with Gasteiger partial charge in [0.2, 0.25) is 0 Å². The van der Waals surface area contributed by atoms with E-state index in [1.54, 1.807) is 12.4 Å². The largest absolute Gasteiger partial charge is 0.375 e. The van der Waals surface area contributed by atoms with Gasteiger partial charge in [-0.3, -0.25) is 4.57 Å². The third-order valence-corrected chi connectivity index (χ3v) is 4.86. The van der Waals surface area contributed by atoms with E-state index in [0.717, 1.165) is 0 Å². The smallest absolute Gasteiger partial charge is 0.363 e. The van der Waals surface area contributed by atoms with Crippen LogP contribution in [0, 0.1) is 6.92 Å². The molecule has 0 fully saturated rings. The summed E-state index contributed by atoms with van der Waals surface area (Å²) in [5, 5.41) is 9.77. The third-order valence-electron chi connectivity index (χ3n) is 1.83. The molecule has 1 atom stereocenters. The molecule has 0 saturated heterocycles. The van der Waals surface area contributed by atoms with E-state index in [1.165, 1.54) is 25.6 Å². The summed E-state index contributed by atoms with van der Waals surface area (Å²) in [4.78, 5) is 4.46. The summed E-state index contributed by atoms with van der Waals surface area (Å²) in [5.41, 5.74) is 2.21. The van der Waals surface area contributed by atoms with Gasteiger partial charge in [0.15, 0.2) is 5.85 Å². The van der Waals surface area contributed by atoms with Crippen molar-refractivity contribution in [3.63, 3.8) is 0 Å². The minimum absolute atomic E-state index is 0.511. The van der Waals surface area contributed by atoms with Crippen molar-refractivity contribution < 1.29 is 18.7 Å². The lowest BCUT2D eigenvalue weighted by atomic mass is 10.4. The van der Waals surface area contributed by atoms with E-state index in [9.17, 15) is 9.67 Å². The molecule has 1 aromatic rings. The minimum atomic E-state index is -3.46. The molecule has 0 radical (unpaired) electrons. The maximum absolute atomic E-state index is 11.8. The van der Waals surface area contributed by atoms with E-state index >= 15 is 0 Å². The SMILES string of the molecule is COP(=O)(OC)C(O)c1scnc1C. The molecule has 14 heavy (non-hydrogen) atoms. The Morgan fingerprint density at radius 2 is 2.14 bits per heavy atom. The molecule has 0 spiro atoms. The molecule has 1 unspecified atom stereocenters. The van der Waals surface area contributed by atoms with Crippen LogP contribution in [0.4, 0.5) is 0 Å². The van der Waals surface area contributed by atoms with Gasteiger partial charge in [0.25, 0.3) is 0 Å². The van der Waals surface area contributed by atoms with Gasteiger partial charge in [0.05, 0.1) is 16.1 Å². The molecule has 0 aliphatic heterocycles. The predicted octanol–water partition coefficient (Wildman–Crippen LogP) is 1.93. The highest BCUT2D eigenvalue weighted by molar-refractivity contribution is 7.54. The van der Waals surface area contributed by atoms with Gasteiger partial charge in [-0.1, -0.05) is 0 Å². The van der Waals surface area contributed by atoms with Gasteiger partial charge in [-0.05, 0) is 6.92 Å². The first-order valence-electron chi connectivity index (χ1n) is 3.84. The topological polar surface area (TPSA) is 68.7 Å². The molecular weight excluding hydrogens is 225 g/mol. The quantitative estimate of drug-likeness (QED) is 0.810. The number of aliphatic hydroxyl groups excluding tert-OH is 1. The van der Waals surface area contributed by atoms with Gasteiger partial charge in [-0.25, -0.2) is 4.98 Å². The molecule has 80 valence electrons. The number of nitrogens with zero attached hydrogens (tertiary/aromatic N) is 1. The number of aromatic nitrogens is 1. The second kappa shape index (κ2) is 4.51. The van der Waals surface area contributed by atoms with Crippen LogP contribution < -0.4 is 0 Å². The summed E-state index contributed by atoms with van der Waals surface area (Å²) < 4.78 is 21.2. The average Bonchev–Trinajstić information content (AvgIpc) is 2.62. The lowest BCUT2D eigenvalue weighted by Crippen LogP contribution is -2.02. The number of hydrogen-bond acceptors (Lipinski definition) is 6. The molecule has 1 heterocycles. The monoisotopic (exact) mass is 237 g/mol. The average molecular weight is 237 g/mol. The van der Waals surface area contributed by atoms with Gasteiger partial charge < -0.3 is 14.2 Å². The Kier molecular flexibility index (Phi) is 3.80. The molecule has 1 aromatic heterocycles. The molecule has 1 N–H and O–H groups in total. The predicted molar refractivity (Wildman–Crippen MR) is 53.4 cm³/mol. The molecule has 7 heteroatoms. The first kappa shape index (κ1) is 11.8. The van der Waals surface area contributed by atoms with Crippen molar-refractivity contribution in [1.82, 2.24) is 4.98 Å². The lowest BCUT2D eigenvalue weighted by Gasteiger charge is -2.18. The summed E-state index contributed by atoms with van der Waals surface area (Å²) in [6.07, 6.45) is 0. The molecule has 0 saturated carbocycles. The van der Waals surface area contributed by atoms with Crippen molar-refractivity contribution in [2.75, 3.05) is 14.2 Å². The fourth-order valence-electron chi connectivity index (χ4n) is 0.977. The lowest BCUT2D eigenvalue weighted by molar-refractivity contribution is 0.177. The third kappa shape index (κ3) is 2.04. The summed E-state index contributed by atoms with van der Waals surface area (Å²) in [6.45, 7) is 1.73. The first-order chi connectivity index (χ1) is 6.55. The van der Waals surface area contributed by atoms with Crippen LogP contribution in [0.1, 0.15) is 16.4 Å². The highest BCUT2D eigenvalue weighted by Crippen LogP contribution is 2.59. The second-order valence-corrected chi connectivity index (χ2v) is 5.77. The summed E-state index contributed by atoms with van der Waals surface area (Å²) >= 11 is 1.22. The van der Waals surface area contributed by atoms with Crippen molar-refractivity contribution in [2.45, 2.75) is 12.8 Å². The van der Waals surface area contributed by atoms with Crippen molar-refractivity contribution in [1.29, 1.82) is 0 Å². The van der Waals surface area contributed by atoms with Crippen LogP contribution in [0.15, 0.2) is 5.51 Å². The Bertz CT molecular complexity index is 345. The van der Waals surface area contributed by atoms with E-state index in [2.05, 4.69) is 14.0 Å². The zero-order valence-corrected chi connectivity index (χ0v) is 9.84. The highest BCUT2D eigenvalue weighted by atomic mass is 32.1. The Morgan fingerprint density at radius 3 is 2.50 bits per heavy atom. The zero-order chi connectivity index (χ0) is 10.8. The molecule has 0 aliphatic carbocycles. The van der Waals surface area contributed by atoms with Crippen molar-refractivity contribution >= 4 is 18.9 Å². The van der Waals surface area contributed by atoms with E-state index in [4.69, 9.17) is 0 Å². The maximum Gasteiger partial charge on any atom is 0.363 e. The van der Waals surface area contributed by atoms with E-state index < -0.39 is 13.4 Å². The number of thiazole rings is 1. The van der Waals surface area contributed by atoms with Crippen molar-refractivity contribution in [2.24, 2.45) is 0 Å². The van der Waals surface area contributed by atoms with E-state index in [-0.39, 0.29) is 0 Å². The van der Waals surface area contributed by atoms with Crippen LogP contribution in [0.3, 0.4) is 0 Å². The minimum Gasteiger partial charge on any atom is -0.375 e. The van der Waals surface area contributed by atoms with Gasteiger partial charge in [-0.15, -0.1) is 11.3 Å². The van der Waals surface area contributed by atoms with Gasteiger partial charge >= 0.3 is 7.60 Å². The van der Waals surface area contributed by atoms with Crippen LogP contribution in [0.25, 0.3) is 0 Å². The standard InChI is InChI=1S/C7H12NO4PS/c1-5-6(14-4-8-5)7(9)13(10,11-2)12-3/h4,7,9H,1-3H3. The zero-order valence-electron chi connectivity index (χ0n) is 8.13. The van der Waals surface area contributed by atoms with Gasteiger partial charge in [0, 0.05) is 14.2 Å². The highest BCUT2D eigenvalue weighted by Gasteiger charge is 2.35. The van der Waals surface area contributed by atoms with Gasteiger partial charge in [0.1, 0.15) is 0 Å². The number of aliphatic hydroxyl groups is 1. The fraction of sp³-hybridized carbons (Fsp3) is 0.571. The molecule has 5 nitrogen and oxygen atoms in total. The molecule has 0 aliphatic rings. The number of aryl methyl sites for hydroxylation is 1. The molecule has 0 aromatic carbocycles. The summed E-state index contributed by atoms with van der Waals surface area (Å²) in [7, 11) is -0.982. The maximum atomic E-state index is 11.8. The van der Waals surface area contributed by atoms with Crippen LogP contribution in [0.5, 0.6) is 0 Å². The first-order valence-corrected chi connectivity index (χ1v) is 6.33. The Balaban J connectivity index is 3.01. The van der Waals surface area contributed by atoms with Crippen molar-refractivity contribution in [3.05, 3.63) is 16.1 Å². The van der Waals surface area contributed by atoms with Crippen LogP contribution >= 0.6 is 18.9 Å². The number of hydrogen-bond donors (Lipinski definition) is 1. The second-order valence-electron chi connectivity index (χ2n) is 2.58. The van der Waals surface area contributed by atoms with Crippen LogP contribution in [0.2, 0.25) is 0 Å². The summed E-state index contributed by atoms with van der Waals surface area (Å²) in [5.74, 6) is -1.26. The van der Waals surface area contributed by atoms with Crippen molar-refractivity contribution in [3.8, 4) is 0 Å². The Labute approximate surface area is 86.2 Å². The molecule has 1 rings (SSSR count). The van der Waals surface area contributed by atoms with Gasteiger partial charge in [-0.2, -0.15) is 0 Å².